The van der Waals surface area contributed by atoms with Crippen LogP contribution in [0.2, 0.25) is 0 Å². The number of nitrogens with one attached hydrogen (secondary N) is 1. The second-order valence-corrected chi connectivity index (χ2v) is 7.22. The molecule has 2 aliphatic carbocycles. The minimum Gasteiger partial charge on any atom is -0.366 e. The summed E-state index contributed by atoms with van der Waals surface area (Å²) in [6, 6.07) is 0.399. The van der Waals surface area contributed by atoms with Crippen molar-refractivity contribution in [3.05, 3.63) is 16.1 Å². The molecule has 4 rings (SSSR count). The smallest absolute Gasteiger partial charge is 0.250 e. The Bertz CT molecular complexity index is 525. The first-order chi connectivity index (χ1) is 10.3. The highest BCUT2D eigenvalue weighted by Gasteiger charge is 2.32. The molecule has 5 nitrogen and oxygen atoms in total. The van der Waals surface area contributed by atoms with Crippen LogP contribution in [0.15, 0.2) is 5.38 Å². The van der Waals surface area contributed by atoms with Gasteiger partial charge >= 0.3 is 0 Å². The lowest BCUT2D eigenvalue weighted by atomic mass is 10.2. The number of nitrogens with zero attached hydrogens (tertiary/aromatic N) is 2. The first kappa shape index (κ1) is 13.7. The van der Waals surface area contributed by atoms with Gasteiger partial charge in [-0.05, 0) is 25.7 Å². The number of carbonyl (C=O) groups excluding carboxylic acids is 1. The minimum absolute atomic E-state index is 0.0548. The van der Waals surface area contributed by atoms with Gasteiger partial charge in [0.05, 0.1) is 17.3 Å². The van der Waals surface area contributed by atoms with E-state index in [1.165, 1.54) is 17.8 Å². The molecule has 1 aromatic rings. The first-order valence-corrected chi connectivity index (χ1v) is 8.74. The maximum absolute atomic E-state index is 12.1. The van der Waals surface area contributed by atoms with Crippen LogP contribution < -0.4 is 5.32 Å². The number of hydrogen-bond donors (Lipinski definition) is 1. The minimum atomic E-state index is -0.319. The number of ether oxygens (including phenoxy) is 1. The van der Waals surface area contributed by atoms with E-state index in [0.29, 0.717) is 19.2 Å². The van der Waals surface area contributed by atoms with E-state index in [2.05, 4.69) is 15.6 Å². The SMILES string of the molecule is O=C(NC1CC1)C1CN(Cc2csc(C3CC3)n2)CCO1. The molecule has 1 unspecified atom stereocenters. The summed E-state index contributed by atoms with van der Waals surface area (Å²) in [7, 11) is 0. The summed E-state index contributed by atoms with van der Waals surface area (Å²) in [6.07, 6.45) is 4.51. The van der Waals surface area contributed by atoms with Gasteiger partial charge in [-0.1, -0.05) is 0 Å². The number of morpholine rings is 1. The molecule has 1 atom stereocenters. The predicted molar refractivity (Wildman–Crippen MR) is 80.3 cm³/mol. The fourth-order valence-electron chi connectivity index (χ4n) is 2.67. The van der Waals surface area contributed by atoms with E-state index in [1.54, 1.807) is 11.3 Å². The van der Waals surface area contributed by atoms with Crippen LogP contribution in [0.3, 0.4) is 0 Å². The Labute approximate surface area is 128 Å². The van der Waals surface area contributed by atoms with Crippen LogP contribution in [0.4, 0.5) is 0 Å². The molecule has 2 heterocycles. The third-order valence-electron chi connectivity index (χ3n) is 4.25. The standard InChI is InChI=1S/C15H21N3O2S/c19-14(16-11-3-4-11)13-8-18(5-6-20-13)7-12-9-21-15(17-12)10-1-2-10/h9-11,13H,1-8H2,(H,16,19). The van der Waals surface area contributed by atoms with Crippen LogP contribution in [0, 0.1) is 0 Å². The van der Waals surface area contributed by atoms with Gasteiger partial charge in [0, 0.05) is 37.0 Å². The molecular formula is C15H21N3O2S. The molecule has 3 aliphatic rings. The topological polar surface area (TPSA) is 54.5 Å². The number of aromatic nitrogens is 1. The van der Waals surface area contributed by atoms with E-state index in [9.17, 15) is 4.79 Å². The Balaban J connectivity index is 1.32. The van der Waals surface area contributed by atoms with E-state index in [1.807, 2.05) is 0 Å². The van der Waals surface area contributed by atoms with Crippen LogP contribution in [-0.4, -0.2) is 47.6 Å². The zero-order valence-electron chi connectivity index (χ0n) is 12.1. The van der Waals surface area contributed by atoms with E-state index in [-0.39, 0.29) is 12.0 Å². The van der Waals surface area contributed by atoms with Crippen molar-refractivity contribution >= 4 is 17.2 Å². The van der Waals surface area contributed by atoms with Crippen molar-refractivity contribution in [2.24, 2.45) is 0 Å². The molecule has 3 fully saturated rings. The number of rotatable bonds is 5. The Kier molecular flexibility index (Phi) is 3.69. The summed E-state index contributed by atoms with van der Waals surface area (Å²) in [6.45, 7) is 3.01. The van der Waals surface area contributed by atoms with Crippen LogP contribution in [0.1, 0.15) is 42.3 Å². The van der Waals surface area contributed by atoms with Gasteiger partial charge in [0.2, 0.25) is 0 Å². The second-order valence-electron chi connectivity index (χ2n) is 6.33. The van der Waals surface area contributed by atoms with Crippen molar-refractivity contribution in [3.8, 4) is 0 Å². The average Bonchev–Trinajstić information content (AvgIpc) is 3.41. The van der Waals surface area contributed by atoms with Gasteiger partial charge in [0.1, 0.15) is 6.10 Å². The number of hydrogen-bond acceptors (Lipinski definition) is 5. The van der Waals surface area contributed by atoms with Crippen molar-refractivity contribution in [1.29, 1.82) is 0 Å². The summed E-state index contributed by atoms with van der Waals surface area (Å²) >= 11 is 1.78. The lowest BCUT2D eigenvalue weighted by molar-refractivity contribution is -0.139. The van der Waals surface area contributed by atoms with Crippen LogP contribution in [-0.2, 0) is 16.1 Å². The van der Waals surface area contributed by atoms with E-state index in [0.717, 1.165) is 37.5 Å². The molecule has 1 saturated heterocycles. The fourth-order valence-corrected chi connectivity index (χ4v) is 3.65. The molecule has 1 aromatic heterocycles. The van der Waals surface area contributed by atoms with Gasteiger partial charge in [-0.3, -0.25) is 9.69 Å². The third kappa shape index (κ3) is 3.44. The lowest BCUT2D eigenvalue weighted by Gasteiger charge is -2.31. The largest absolute Gasteiger partial charge is 0.366 e. The summed E-state index contributed by atoms with van der Waals surface area (Å²) in [5, 5.41) is 6.49. The second kappa shape index (κ2) is 5.66. The zero-order chi connectivity index (χ0) is 14.2. The molecule has 21 heavy (non-hydrogen) atoms. The van der Waals surface area contributed by atoms with Gasteiger partial charge in [-0.2, -0.15) is 0 Å². The normalized spacial score (nSPS) is 26.8. The molecule has 2 saturated carbocycles. The fraction of sp³-hybridized carbons (Fsp3) is 0.733. The van der Waals surface area contributed by atoms with Gasteiger partial charge in [0.15, 0.2) is 0 Å². The van der Waals surface area contributed by atoms with Crippen molar-refractivity contribution in [1.82, 2.24) is 15.2 Å². The highest BCUT2D eigenvalue weighted by atomic mass is 32.1. The number of thiazole rings is 1. The van der Waals surface area contributed by atoms with E-state index in [4.69, 9.17) is 9.72 Å². The number of amides is 1. The molecule has 0 spiro atoms. The van der Waals surface area contributed by atoms with Crippen molar-refractivity contribution in [3.63, 3.8) is 0 Å². The molecule has 1 aliphatic heterocycles. The molecule has 0 bridgehead atoms. The molecule has 114 valence electrons. The van der Waals surface area contributed by atoms with Gasteiger partial charge < -0.3 is 10.1 Å². The van der Waals surface area contributed by atoms with E-state index >= 15 is 0 Å². The summed E-state index contributed by atoms with van der Waals surface area (Å²) in [5.41, 5.74) is 1.14. The average molecular weight is 307 g/mol. The lowest BCUT2D eigenvalue weighted by Crippen LogP contribution is -2.49. The van der Waals surface area contributed by atoms with E-state index < -0.39 is 0 Å². The summed E-state index contributed by atoms with van der Waals surface area (Å²) < 4.78 is 5.62. The molecule has 1 N–H and O–H groups in total. The zero-order valence-corrected chi connectivity index (χ0v) is 12.9. The Morgan fingerprint density at radius 1 is 1.43 bits per heavy atom. The van der Waals surface area contributed by atoms with Crippen molar-refractivity contribution < 1.29 is 9.53 Å². The highest BCUT2D eigenvalue weighted by Crippen LogP contribution is 2.41. The monoisotopic (exact) mass is 307 g/mol. The maximum Gasteiger partial charge on any atom is 0.250 e. The highest BCUT2D eigenvalue weighted by molar-refractivity contribution is 7.09. The maximum atomic E-state index is 12.1. The van der Waals surface area contributed by atoms with Gasteiger partial charge in [-0.25, -0.2) is 4.98 Å². The van der Waals surface area contributed by atoms with Crippen molar-refractivity contribution in [2.75, 3.05) is 19.7 Å². The van der Waals surface area contributed by atoms with Crippen LogP contribution in [0.25, 0.3) is 0 Å². The van der Waals surface area contributed by atoms with Gasteiger partial charge in [-0.15, -0.1) is 11.3 Å². The Hall–Kier alpha value is -0.980. The molecule has 0 radical (unpaired) electrons. The molecule has 1 amide bonds. The molecule has 6 heteroatoms. The number of carbonyl (C=O) groups is 1. The predicted octanol–water partition coefficient (Wildman–Crippen LogP) is 1.50. The molecule has 0 aromatic carbocycles. The summed E-state index contributed by atoms with van der Waals surface area (Å²) in [4.78, 5) is 19.1. The third-order valence-corrected chi connectivity index (χ3v) is 5.30. The Morgan fingerprint density at radius 2 is 2.29 bits per heavy atom. The summed E-state index contributed by atoms with van der Waals surface area (Å²) in [5.74, 6) is 0.782. The van der Waals surface area contributed by atoms with Crippen LogP contribution >= 0.6 is 11.3 Å². The molecular weight excluding hydrogens is 286 g/mol. The van der Waals surface area contributed by atoms with Crippen molar-refractivity contribution in [2.45, 2.75) is 50.3 Å². The Morgan fingerprint density at radius 3 is 3.05 bits per heavy atom. The first-order valence-electron chi connectivity index (χ1n) is 7.86. The quantitative estimate of drug-likeness (QED) is 0.896. The van der Waals surface area contributed by atoms with Gasteiger partial charge in [0.25, 0.3) is 5.91 Å². The van der Waals surface area contributed by atoms with Crippen LogP contribution in [0.5, 0.6) is 0 Å².